The molecule has 130 valence electrons. The summed E-state index contributed by atoms with van der Waals surface area (Å²) in [6.45, 7) is 2.65. The summed E-state index contributed by atoms with van der Waals surface area (Å²) in [6, 6.07) is 4.64. The Morgan fingerprint density at radius 2 is 2.00 bits per heavy atom. The number of amides is 1. The summed E-state index contributed by atoms with van der Waals surface area (Å²) in [7, 11) is 1.96. The van der Waals surface area contributed by atoms with Gasteiger partial charge in [-0.15, -0.1) is 0 Å². The zero-order chi connectivity index (χ0) is 17.7. The van der Waals surface area contributed by atoms with Crippen LogP contribution < -0.4 is 5.32 Å². The van der Waals surface area contributed by atoms with Gasteiger partial charge in [-0.25, -0.2) is 0 Å². The van der Waals surface area contributed by atoms with E-state index in [1.165, 1.54) is 24.3 Å². The summed E-state index contributed by atoms with van der Waals surface area (Å²) in [6.07, 6.45) is -0.207. The van der Waals surface area contributed by atoms with Gasteiger partial charge in [0.15, 0.2) is 0 Å². The van der Waals surface area contributed by atoms with Crippen LogP contribution in [0.4, 0.5) is 11.4 Å². The third-order valence-corrected chi connectivity index (χ3v) is 3.98. The zero-order valence-corrected chi connectivity index (χ0v) is 13.3. The highest BCUT2D eigenvalue weighted by Gasteiger charge is 2.30. The van der Waals surface area contributed by atoms with Gasteiger partial charge >= 0.3 is 5.97 Å². The number of nitro benzene ring substituents is 1. The standard InChI is InChI=1S/C15H20N4O5/c1-17-5-7-18(8-6-17)13(15(21)22)10-14(20)16-11-3-2-4-12(9-11)19(23)24/h2-4,9,13H,5-8,10H2,1H3,(H,16,20)(H,21,22)/t13-/m0/s1. The molecule has 1 amide bonds. The minimum atomic E-state index is -1.05. The molecule has 0 unspecified atom stereocenters. The van der Waals surface area contributed by atoms with Crippen molar-refractivity contribution < 1.29 is 19.6 Å². The van der Waals surface area contributed by atoms with Crippen molar-refractivity contribution in [1.82, 2.24) is 9.80 Å². The molecule has 1 aliphatic rings. The van der Waals surface area contributed by atoms with Crippen molar-refractivity contribution >= 4 is 23.3 Å². The highest BCUT2D eigenvalue weighted by Crippen LogP contribution is 2.18. The second-order valence-corrected chi connectivity index (χ2v) is 5.75. The molecule has 24 heavy (non-hydrogen) atoms. The molecule has 2 rings (SSSR count). The molecule has 1 aromatic rings. The van der Waals surface area contributed by atoms with E-state index in [0.717, 1.165) is 13.1 Å². The number of nitro groups is 1. The first-order valence-corrected chi connectivity index (χ1v) is 7.56. The maximum Gasteiger partial charge on any atom is 0.321 e. The lowest BCUT2D eigenvalue weighted by molar-refractivity contribution is -0.384. The van der Waals surface area contributed by atoms with E-state index >= 15 is 0 Å². The van der Waals surface area contributed by atoms with Crippen molar-refractivity contribution in [3.63, 3.8) is 0 Å². The summed E-state index contributed by atoms with van der Waals surface area (Å²) in [4.78, 5) is 37.7. The molecule has 9 heteroatoms. The van der Waals surface area contributed by atoms with Gasteiger partial charge < -0.3 is 15.3 Å². The maximum absolute atomic E-state index is 12.1. The average molecular weight is 336 g/mol. The van der Waals surface area contributed by atoms with Crippen LogP contribution in [0.3, 0.4) is 0 Å². The first-order valence-electron chi connectivity index (χ1n) is 7.56. The fraction of sp³-hybridized carbons (Fsp3) is 0.467. The van der Waals surface area contributed by atoms with E-state index < -0.39 is 22.8 Å². The van der Waals surface area contributed by atoms with Crippen molar-refractivity contribution in [3.8, 4) is 0 Å². The zero-order valence-electron chi connectivity index (χ0n) is 13.3. The summed E-state index contributed by atoms with van der Waals surface area (Å²) < 4.78 is 0. The molecule has 0 radical (unpaired) electrons. The number of benzene rings is 1. The number of nitrogens with one attached hydrogen (secondary N) is 1. The summed E-state index contributed by atoms with van der Waals surface area (Å²) >= 11 is 0. The van der Waals surface area contributed by atoms with Crippen LogP contribution in [0, 0.1) is 10.1 Å². The third kappa shape index (κ3) is 4.74. The van der Waals surface area contributed by atoms with E-state index in [1.807, 2.05) is 7.05 Å². The van der Waals surface area contributed by atoms with Crippen LogP contribution >= 0.6 is 0 Å². The molecule has 1 atom stereocenters. The monoisotopic (exact) mass is 336 g/mol. The van der Waals surface area contributed by atoms with Gasteiger partial charge in [0.2, 0.25) is 5.91 Å². The Morgan fingerprint density at radius 1 is 1.33 bits per heavy atom. The number of non-ortho nitro benzene ring substituents is 1. The van der Waals surface area contributed by atoms with E-state index in [2.05, 4.69) is 10.2 Å². The normalized spacial score (nSPS) is 17.2. The quantitative estimate of drug-likeness (QED) is 0.578. The van der Waals surface area contributed by atoms with Crippen LogP contribution in [0.1, 0.15) is 6.42 Å². The van der Waals surface area contributed by atoms with Crippen LogP contribution in [0.15, 0.2) is 24.3 Å². The predicted molar refractivity (Wildman–Crippen MR) is 86.8 cm³/mol. The number of anilines is 1. The molecular formula is C15H20N4O5. The van der Waals surface area contributed by atoms with E-state index in [1.54, 1.807) is 4.90 Å². The third-order valence-electron chi connectivity index (χ3n) is 3.98. The number of rotatable bonds is 6. The Labute approximate surface area is 139 Å². The van der Waals surface area contributed by atoms with Gasteiger partial charge in [0.05, 0.1) is 11.3 Å². The molecule has 0 spiro atoms. The Bertz CT molecular complexity index is 628. The number of piperazine rings is 1. The number of carbonyl (C=O) groups is 2. The molecule has 1 heterocycles. The number of hydrogen-bond donors (Lipinski definition) is 2. The number of carboxylic acids is 1. The van der Waals surface area contributed by atoms with Gasteiger partial charge in [-0.05, 0) is 13.1 Å². The molecule has 1 aliphatic heterocycles. The largest absolute Gasteiger partial charge is 0.480 e. The Morgan fingerprint density at radius 3 is 2.58 bits per heavy atom. The molecule has 1 fully saturated rings. The maximum atomic E-state index is 12.1. The second-order valence-electron chi connectivity index (χ2n) is 5.75. The lowest BCUT2D eigenvalue weighted by Crippen LogP contribution is -2.52. The Kier molecular flexibility index (Phi) is 5.83. The van der Waals surface area contributed by atoms with Gasteiger partial charge in [0.1, 0.15) is 6.04 Å². The predicted octanol–water partition coefficient (Wildman–Crippen LogP) is 0.624. The van der Waals surface area contributed by atoms with Crippen LogP contribution in [-0.2, 0) is 9.59 Å². The van der Waals surface area contributed by atoms with E-state index in [0.29, 0.717) is 13.1 Å². The van der Waals surface area contributed by atoms with Gasteiger partial charge in [-0.2, -0.15) is 0 Å². The average Bonchev–Trinajstić information content (AvgIpc) is 2.53. The Hall–Kier alpha value is -2.52. The number of carbonyl (C=O) groups excluding carboxylic acids is 1. The lowest BCUT2D eigenvalue weighted by atomic mass is 10.1. The van der Waals surface area contributed by atoms with Gasteiger partial charge in [0, 0.05) is 44.0 Å². The van der Waals surface area contributed by atoms with Crippen molar-refractivity contribution in [2.45, 2.75) is 12.5 Å². The smallest absolute Gasteiger partial charge is 0.321 e. The highest BCUT2D eigenvalue weighted by molar-refractivity contribution is 5.94. The van der Waals surface area contributed by atoms with Crippen LogP contribution in [-0.4, -0.2) is 71.0 Å². The van der Waals surface area contributed by atoms with Crippen LogP contribution in [0.2, 0.25) is 0 Å². The summed E-state index contributed by atoms with van der Waals surface area (Å²) in [5, 5.41) is 22.7. The van der Waals surface area contributed by atoms with Crippen LogP contribution in [0.5, 0.6) is 0 Å². The van der Waals surface area contributed by atoms with E-state index in [9.17, 15) is 24.8 Å². The molecule has 0 aromatic heterocycles. The fourth-order valence-electron chi connectivity index (χ4n) is 2.59. The fourth-order valence-corrected chi connectivity index (χ4v) is 2.59. The number of aliphatic carboxylic acids is 1. The number of hydrogen-bond acceptors (Lipinski definition) is 6. The lowest BCUT2D eigenvalue weighted by Gasteiger charge is -2.35. The topological polar surface area (TPSA) is 116 Å². The number of likely N-dealkylation sites (N-methyl/N-ethyl adjacent to an activating group) is 1. The van der Waals surface area contributed by atoms with Crippen molar-refractivity contribution in [2.24, 2.45) is 0 Å². The minimum Gasteiger partial charge on any atom is -0.480 e. The Balaban J connectivity index is 1.99. The number of carboxylic acid groups (broad SMARTS) is 1. The molecule has 1 aromatic carbocycles. The minimum absolute atomic E-state index is 0.137. The highest BCUT2D eigenvalue weighted by atomic mass is 16.6. The first kappa shape index (κ1) is 17.8. The molecule has 0 saturated carbocycles. The van der Waals surface area contributed by atoms with Crippen molar-refractivity contribution in [1.29, 1.82) is 0 Å². The van der Waals surface area contributed by atoms with Crippen molar-refractivity contribution in [3.05, 3.63) is 34.4 Å². The van der Waals surface area contributed by atoms with Gasteiger partial charge in [0.25, 0.3) is 5.69 Å². The van der Waals surface area contributed by atoms with Crippen LogP contribution in [0.25, 0.3) is 0 Å². The summed E-state index contributed by atoms with van der Waals surface area (Å²) in [5.41, 5.74) is 0.137. The first-order chi connectivity index (χ1) is 11.4. The van der Waals surface area contributed by atoms with Gasteiger partial charge in [-0.3, -0.25) is 24.6 Å². The van der Waals surface area contributed by atoms with Crippen molar-refractivity contribution in [2.75, 3.05) is 38.5 Å². The molecule has 9 nitrogen and oxygen atoms in total. The van der Waals surface area contributed by atoms with Gasteiger partial charge in [-0.1, -0.05) is 6.07 Å². The summed E-state index contributed by atoms with van der Waals surface area (Å²) in [5.74, 6) is -1.53. The SMILES string of the molecule is CN1CCN([C@@H](CC(=O)Nc2cccc([N+](=O)[O-])c2)C(=O)O)CC1. The molecule has 0 bridgehead atoms. The molecular weight excluding hydrogens is 316 g/mol. The second kappa shape index (κ2) is 7.84. The number of nitrogens with zero attached hydrogens (tertiary/aromatic N) is 3. The van der Waals surface area contributed by atoms with E-state index in [-0.39, 0.29) is 17.8 Å². The molecule has 1 saturated heterocycles. The molecule has 0 aliphatic carbocycles. The molecule has 2 N–H and O–H groups in total. The van der Waals surface area contributed by atoms with E-state index in [4.69, 9.17) is 0 Å².